The van der Waals surface area contributed by atoms with E-state index in [-0.39, 0.29) is 5.54 Å². The zero-order valence-electron chi connectivity index (χ0n) is 10.0. The van der Waals surface area contributed by atoms with Crippen molar-refractivity contribution in [3.63, 3.8) is 0 Å². The van der Waals surface area contributed by atoms with E-state index in [1.807, 2.05) is 11.8 Å². The van der Waals surface area contributed by atoms with Crippen molar-refractivity contribution < 1.29 is 4.74 Å². The van der Waals surface area contributed by atoms with Crippen molar-refractivity contribution in [2.45, 2.75) is 25.4 Å². The predicted molar refractivity (Wildman–Crippen MR) is 64.9 cm³/mol. The Morgan fingerprint density at radius 3 is 2.50 bits per heavy atom. The lowest BCUT2D eigenvalue weighted by Gasteiger charge is -2.41. The van der Waals surface area contributed by atoms with Crippen molar-refractivity contribution >= 4 is 11.8 Å². The standard InChI is InChI=1S/C10H24N2OS/c1-9(6-14-5)12(3)10(2,7-11)8-13-4/h9H,6-8,11H2,1-5H3. The second-order valence-electron chi connectivity index (χ2n) is 4.05. The Morgan fingerprint density at radius 2 is 2.14 bits per heavy atom. The highest BCUT2D eigenvalue weighted by Gasteiger charge is 2.30. The largest absolute Gasteiger partial charge is 0.383 e. The smallest absolute Gasteiger partial charge is 0.0656 e. The third kappa shape index (κ3) is 3.77. The normalized spacial score (nSPS) is 18.2. The quantitative estimate of drug-likeness (QED) is 0.695. The molecule has 0 aliphatic carbocycles. The van der Waals surface area contributed by atoms with E-state index in [0.717, 1.165) is 5.75 Å². The molecule has 0 aromatic heterocycles. The number of nitrogens with two attached hydrogens (primary N) is 1. The summed E-state index contributed by atoms with van der Waals surface area (Å²) in [4.78, 5) is 2.31. The van der Waals surface area contributed by atoms with Gasteiger partial charge in [0.25, 0.3) is 0 Å². The van der Waals surface area contributed by atoms with Crippen molar-refractivity contribution in [3.05, 3.63) is 0 Å². The van der Waals surface area contributed by atoms with Gasteiger partial charge < -0.3 is 10.5 Å². The van der Waals surface area contributed by atoms with Crippen molar-refractivity contribution in [2.75, 3.05) is 39.3 Å². The molecule has 0 rings (SSSR count). The minimum atomic E-state index is -0.0517. The van der Waals surface area contributed by atoms with E-state index in [2.05, 4.69) is 32.1 Å². The van der Waals surface area contributed by atoms with Crippen LogP contribution >= 0.6 is 11.8 Å². The summed E-state index contributed by atoms with van der Waals surface area (Å²) in [6, 6.07) is 0.522. The van der Waals surface area contributed by atoms with Gasteiger partial charge in [0, 0.05) is 25.4 Å². The van der Waals surface area contributed by atoms with Crippen LogP contribution in [-0.4, -0.2) is 55.8 Å². The molecule has 0 aliphatic rings. The lowest BCUT2D eigenvalue weighted by molar-refractivity contribution is 0.0273. The Kier molecular flexibility index (Phi) is 6.78. The third-order valence-electron chi connectivity index (χ3n) is 2.82. The molecule has 0 radical (unpaired) electrons. The summed E-state index contributed by atoms with van der Waals surface area (Å²) in [5.74, 6) is 1.12. The number of hydrogen-bond acceptors (Lipinski definition) is 4. The lowest BCUT2D eigenvalue weighted by Crippen LogP contribution is -2.56. The van der Waals surface area contributed by atoms with Gasteiger partial charge in [-0.15, -0.1) is 0 Å². The first-order valence-electron chi connectivity index (χ1n) is 4.92. The average molecular weight is 220 g/mol. The molecule has 0 saturated heterocycles. The van der Waals surface area contributed by atoms with Crippen molar-refractivity contribution in [2.24, 2.45) is 5.73 Å². The van der Waals surface area contributed by atoms with Gasteiger partial charge in [0.2, 0.25) is 0 Å². The molecule has 14 heavy (non-hydrogen) atoms. The molecule has 0 aliphatic heterocycles. The van der Waals surface area contributed by atoms with E-state index in [9.17, 15) is 0 Å². The fourth-order valence-electron chi connectivity index (χ4n) is 1.50. The number of hydrogen-bond donors (Lipinski definition) is 1. The van der Waals surface area contributed by atoms with Crippen LogP contribution in [0.25, 0.3) is 0 Å². The Balaban J connectivity index is 4.34. The first kappa shape index (κ1) is 14.2. The van der Waals surface area contributed by atoms with Gasteiger partial charge in [-0.05, 0) is 27.2 Å². The maximum absolute atomic E-state index is 5.80. The van der Waals surface area contributed by atoms with Crippen LogP contribution in [0.1, 0.15) is 13.8 Å². The molecule has 2 atom stereocenters. The van der Waals surface area contributed by atoms with E-state index in [1.54, 1.807) is 7.11 Å². The molecule has 86 valence electrons. The summed E-state index contributed by atoms with van der Waals surface area (Å²) in [6.07, 6.45) is 2.13. The molecule has 0 aromatic carbocycles. The molecule has 3 nitrogen and oxygen atoms in total. The minimum absolute atomic E-state index is 0.0517. The average Bonchev–Trinajstić information content (AvgIpc) is 2.17. The molecule has 0 aromatic rings. The maximum Gasteiger partial charge on any atom is 0.0656 e. The van der Waals surface area contributed by atoms with Crippen molar-refractivity contribution in [1.82, 2.24) is 4.90 Å². The Bertz CT molecular complexity index is 157. The third-order valence-corrected chi connectivity index (χ3v) is 3.63. The zero-order valence-corrected chi connectivity index (χ0v) is 10.9. The highest BCUT2D eigenvalue weighted by atomic mass is 32.2. The number of ether oxygens (including phenoxy) is 1. The second kappa shape index (κ2) is 6.67. The molecule has 0 amide bonds. The maximum atomic E-state index is 5.80. The van der Waals surface area contributed by atoms with Crippen LogP contribution in [0.15, 0.2) is 0 Å². The van der Waals surface area contributed by atoms with Crippen LogP contribution in [-0.2, 0) is 4.74 Å². The SMILES string of the molecule is COCC(C)(CN)N(C)C(C)CSC. The van der Waals surface area contributed by atoms with E-state index in [1.165, 1.54) is 0 Å². The van der Waals surface area contributed by atoms with Crippen LogP contribution in [0.2, 0.25) is 0 Å². The summed E-state index contributed by atoms with van der Waals surface area (Å²) in [5, 5.41) is 0. The molecular formula is C10H24N2OS. The van der Waals surface area contributed by atoms with Gasteiger partial charge in [-0.1, -0.05) is 0 Å². The first-order valence-corrected chi connectivity index (χ1v) is 6.32. The van der Waals surface area contributed by atoms with Crippen LogP contribution in [0.5, 0.6) is 0 Å². The zero-order chi connectivity index (χ0) is 11.2. The van der Waals surface area contributed by atoms with Gasteiger partial charge in [-0.3, -0.25) is 4.90 Å². The van der Waals surface area contributed by atoms with Gasteiger partial charge >= 0.3 is 0 Å². The van der Waals surface area contributed by atoms with Gasteiger partial charge in [-0.2, -0.15) is 11.8 Å². The van der Waals surface area contributed by atoms with E-state index in [0.29, 0.717) is 19.2 Å². The predicted octanol–water partition coefficient (Wildman–Crippen LogP) is 1.03. The number of nitrogens with zero attached hydrogens (tertiary/aromatic N) is 1. The molecule has 4 heteroatoms. The molecule has 2 unspecified atom stereocenters. The number of thioether (sulfide) groups is 1. The molecule has 0 saturated carbocycles. The summed E-state index contributed by atoms with van der Waals surface area (Å²) in [7, 11) is 3.84. The second-order valence-corrected chi connectivity index (χ2v) is 4.96. The van der Waals surface area contributed by atoms with Gasteiger partial charge in [0.1, 0.15) is 0 Å². The number of rotatable bonds is 7. The van der Waals surface area contributed by atoms with E-state index in [4.69, 9.17) is 10.5 Å². The Labute approximate surface area is 92.4 Å². The van der Waals surface area contributed by atoms with Crippen molar-refractivity contribution in [1.29, 1.82) is 0 Å². The summed E-state index contributed by atoms with van der Waals surface area (Å²) in [5.41, 5.74) is 5.75. The van der Waals surface area contributed by atoms with Gasteiger partial charge in [0.05, 0.1) is 12.1 Å². The summed E-state index contributed by atoms with van der Waals surface area (Å²) < 4.78 is 5.22. The molecular weight excluding hydrogens is 196 g/mol. The summed E-state index contributed by atoms with van der Waals surface area (Å²) in [6.45, 7) is 5.67. The fraction of sp³-hybridized carbons (Fsp3) is 1.00. The van der Waals surface area contributed by atoms with Crippen LogP contribution in [0, 0.1) is 0 Å². The monoisotopic (exact) mass is 220 g/mol. The van der Waals surface area contributed by atoms with Crippen LogP contribution in [0.4, 0.5) is 0 Å². The Morgan fingerprint density at radius 1 is 1.57 bits per heavy atom. The molecule has 0 heterocycles. The van der Waals surface area contributed by atoms with Gasteiger partial charge in [-0.25, -0.2) is 0 Å². The van der Waals surface area contributed by atoms with Crippen molar-refractivity contribution in [3.8, 4) is 0 Å². The van der Waals surface area contributed by atoms with Gasteiger partial charge in [0.15, 0.2) is 0 Å². The Hall–Kier alpha value is 0.230. The highest BCUT2D eigenvalue weighted by Crippen LogP contribution is 2.17. The highest BCUT2D eigenvalue weighted by molar-refractivity contribution is 7.98. The summed E-state index contributed by atoms with van der Waals surface area (Å²) >= 11 is 1.86. The van der Waals surface area contributed by atoms with E-state index >= 15 is 0 Å². The first-order chi connectivity index (χ1) is 6.51. The van der Waals surface area contributed by atoms with Crippen LogP contribution in [0.3, 0.4) is 0 Å². The fourth-order valence-corrected chi connectivity index (χ4v) is 2.21. The number of methoxy groups -OCH3 is 1. The molecule has 0 fully saturated rings. The number of likely N-dealkylation sites (N-methyl/N-ethyl adjacent to an activating group) is 1. The minimum Gasteiger partial charge on any atom is -0.383 e. The lowest BCUT2D eigenvalue weighted by atomic mass is 10.0. The van der Waals surface area contributed by atoms with E-state index < -0.39 is 0 Å². The molecule has 0 bridgehead atoms. The molecule has 0 spiro atoms. The topological polar surface area (TPSA) is 38.5 Å². The molecule has 2 N–H and O–H groups in total. The van der Waals surface area contributed by atoms with Crippen LogP contribution < -0.4 is 5.73 Å².